The molecular weight excluding hydrogens is 290 g/mol. The number of carbonyl (C=O) groups excluding carboxylic acids is 1. The summed E-state index contributed by atoms with van der Waals surface area (Å²) >= 11 is 0. The number of likely N-dealkylation sites (tertiary alicyclic amines) is 1. The molecule has 1 aliphatic heterocycles. The molecule has 0 spiro atoms. The van der Waals surface area contributed by atoms with Crippen molar-refractivity contribution in [1.82, 2.24) is 24.4 Å². The summed E-state index contributed by atoms with van der Waals surface area (Å²) in [4.78, 5) is 27.3. The van der Waals surface area contributed by atoms with E-state index in [2.05, 4.69) is 15.0 Å². The second kappa shape index (κ2) is 6.48. The van der Waals surface area contributed by atoms with Crippen molar-refractivity contribution < 1.29 is 4.79 Å². The van der Waals surface area contributed by atoms with Gasteiger partial charge in [0.25, 0.3) is 0 Å². The van der Waals surface area contributed by atoms with Crippen molar-refractivity contribution in [3.63, 3.8) is 0 Å². The maximum atomic E-state index is 11.8. The predicted octanol–water partition coefficient (Wildman–Crippen LogP) is 2.30. The fraction of sp³-hybridized carbons (Fsp3) is 0.529. The minimum Gasteiger partial charge on any atom is -0.343 e. The number of hydrogen-bond donors (Lipinski definition) is 0. The van der Waals surface area contributed by atoms with Gasteiger partial charge in [-0.3, -0.25) is 14.8 Å². The minimum atomic E-state index is 0.241. The Morgan fingerprint density at radius 1 is 1.22 bits per heavy atom. The quantitative estimate of drug-likeness (QED) is 0.872. The van der Waals surface area contributed by atoms with Crippen LogP contribution in [0.4, 0.5) is 0 Å². The van der Waals surface area contributed by atoms with E-state index in [1.54, 1.807) is 12.4 Å². The van der Waals surface area contributed by atoms with Crippen LogP contribution in [0, 0.1) is 6.92 Å². The fourth-order valence-corrected chi connectivity index (χ4v) is 3.19. The summed E-state index contributed by atoms with van der Waals surface area (Å²) in [6.45, 7) is 5.50. The number of piperidine rings is 1. The Labute approximate surface area is 136 Å². The average molecular weight is 313 g/mol. The van der Waals surface area contributed by atoms with Crippen molar-refractivity contribution in [3.05, 3.63) is 30.1 Å². The first-order chi connectivity index (χ1) is 11.1. The first-order valence-corrected chi connectivity index (χ1v) is 8.19. The lowest BCUT2D eigenvalue weighted by atomic mass is 9.91. The molecule has 2 aromatic rings. The predicted molar refractivity (Wildman–Crippen MR) is 87.8 cm³/mol. The van der Waals surface area contributed by atoms with Crippen LogP contribution < -0.4 is 0 Å². The summed E-state index contributed by atoms with van der Waals surface area (Å²) in [5.41, 5.74) is 2.94. The molecule has 0 radical (unpaired) electrons. The molecule has 122 valence electrons. The third-order valence-electron chi connectivity index (χ3n) is 4.73. The SMILES string of the molecule is CCC(=O)N1CCC(c2nccnc2-c2cnc(C)n2C)CC1. The molecular formula is C17H23N5O. The molecule has 1 aliphatic rings. The normalized spacial score (nSPS) is 15.9. The molecule has 0 aromatic carbocycles. The van der Waals surface area contributed by atoms with E-state index in [0.717, 1.165) is 48.8 Å². The Bertz CT molecular complexity index is 701. The van der Waals surface area contributed by atoms with E-state index >= 15 is 0 Å². The van der Waals surface area contributed by atoms with Crippen molar-refractivity contribution in [2.45, 2.75) is 39.0 Å². The first kappa shape index (κ1) is 15.6. The van der Waals surface area contributed by atoms with Gasteiger partial charge < -0.3 is 9.47 Å². The van der Waals surface area contributed by atoms with Gasteiger partial charge >= 0.3 is 0 Å². The Morgan fingerprint density at radius 2 is 1.91 bits per heavy atom. The number of rotatable bonds is 3. The fourth-order valence-electron chi connectivity index (χ4n) is 3.19. The summed E-state index contributed by atoms with van der Waals surface area (Å²) < 4.78 is 2.04. The average Bonchev–Trinajstić information content (AvgIpc) is 2.93. The molecule has 23 heavy (non-hydrogen) atoms. The molecule has 1 amide bonds. The highest BCUT2D eigenvalue weighted by molar-refractivity contribution is 5.75. The van der Waals surface area contributed by atoms with E-state index in [0.29, 0.717) is 12.3 Å². The number of imidazole rings is 1. The van der Waals surface area contributed by atoms with Crippen LogP contribution >= 0.6 is 0 Å². The third kappa shape index (κ3) is 2.98. The summed E-state index contributed by atoms with van der Waals surface area (Å²) in [6, 6.07) is 0. The van der Waals surface area contributed by atoms with Crippen molar-refractivity contribution in [2.75, 3.05) is 13.1 Å². The molecule has 0 bridgehead atoms. The van der Waals surface area contributed by atoms with Crippen molar-refractivity contribution >= 4 is 5.91 Å². The maximum absolute atomic E-state index is 11.8. The van der Waals surface area contributed by atoms with Crippen LogP contribution in [0.25, 0.3) is 11.4 Å². The van der Waals surface area contributed by atoms with Gasteiger partial charge in [-0.2, -0.15) is 0 Å². The number of hydrogen-bond acceptors (Lipinski definition) is 4. The summed E-state index contributed by atoms with van der Waals surface area (Å²) in [7, 11) is 2.00. The van der Waals surface area contributed by atoms with E-state index in [1.165, 1.54) is 0 Å². The summed E-state index contributed by atoms with van der Waals surface area (Å²) in [6.07, 6.45) is 7.80. The number of aromatic nitrogens is 4. The second-order valence-electron chi connectivity index (χ2n) is 6.05. The van der Waals surface area contributed by atoms with Gasteiger partial charge in [0.15, 0.2) is 0 Å². The van der Waals surface area contributed by atoms with Gasteiger partial charge in [-0.15, -0.1) is 0 Å². The van der Waals surface area contributed by atoms with E-state index in [1.807, 2.05) is 36.6 Å². The highest BCUT2D eigenvalue weighted by Crippen LogP contribution is 2.32. The van der Waals surface area contributed by atoms with Gasteiger partial charge in [0.2, 0.25) is 5.91 Å². The molecule has 0 saturated carbocycles. The Kier molecular flexibility index (Phi) is 4.41. The lowest BCUT2D eigenvalue weighted by molar-refractivity contribution is -0.131. The molecule has 6 nitrogen and oxygen atoms in total. The zero-order valence-electron chi connectivity index (χ0n) is 14.0. The van der Waals surface area contributed by atoms with E-state index in [4.69, 9.17) is 0 Å². The number of carbonyl (C=O) groups is 1. The minimum absolute atomic E-state index is 0.241. The van der Waals surface area contributed by atoms with Crippen LogP contribution in [-0.4, -0.2) is 43.4 Å². The number of amides is 1. The topological polar surface area (TPSA) is 63.9 Å². The summed E-state index contributed by atoms with van der Waals surface area (Å²) in [5, 5.41) is 0. The molecule has 0 aliphatic carbocycles. The monoisotopic (exact) mass is 313 g/mol. The van der Waals surface area contributed by atoms with Gasteiger partial charge in [-0.1, -0.05) is 6.92 Å². The van der Waals surface area contributed by atoms with E-state index < -0.39 is 0 Å². The first-order valence-electron chi connectivity index (χ1n) is 8.19. The highest BCUT2D eigenvalue weighted by Gasteiger charge is 2.27. The van der Waals surface area contributed by atoms with E-state index in [-0.39, 0.29) is 5.91 Å². The number of aryl methyl sites for hydroxylation is 1. The second-order valence-corrected chi connectivity index (χ2v) is 6.05. The molecule has 6 heteroatoms. The van der Waals surface area contributed by atoms with Gasteiger partial charge in [-0.25, -0.2) is 4.98 Å². The van der Waals surface area contributed by atoms with Gasteiger partial charge in [0, 0.05) is 44.9 Å². The molecule has 1 saturated heterocycles. The van der Waals surface area contributed by atoms with Gasteiger partial charge in [0.05, 0.1) is 17.6 Å². The van der Waals surface area contributed by atoms with E-state index in [9.17, 15) is 4.79 Å². The lowest BCUT2D eigenvalue weighted by Crippen LogP contribution is -2.37. The summed E-state index contributed by atoms with van der Waals surface area (Å²) in [5.74, 6) is 1.54. The molecule has 1 fully saturated rings. The number of nitrogens with zero attached hydrogens (tertiary/aromatic N) is 5. The third-order valence-corrected chi connectivity index (χ3v) is 4.73. The standard InChI is InChI=1S/C17H23N5O/c1-4-15(23)22-9-5-13(6-10-22)16-17(19-8-7-18-16)14-11-20-12(2)21(14)3/h7-8,11,13H,4-6,9-10H2,1-3H3. The Morgan fingerprint density at radius 3 is 2.52 bits per heavy atom. The van der Waals surface area contributed by atoms with Crippen molar-refractivity contribution in [3.8, 4) is 11.4 Å². The molecule has 3 rings (SSSR count). The molecule has 0 N–H and O–H groups in total. The van der Waals surface area contributed by atoms with Crippen LogP contribution in [0.1, 0.15) is 43.6 Å². The Hall–Kier alpha value is -2.24. The largest absolute Gasteiger partial charge is 0.343 e. The lowest BCUT2D eigenvalue weighted by Gasteiger charge is -2.32. The van der Waals surface area contributed by atoms with Gasteiger partial charge in [-0.05, 0) is 19.8 Å². The molecule has 3 heterocycles. The highest BCUT2D eigenvalue weighted by atomic mass is 16.2. The van der Waals surface area contributed by atoms with Gasteiger partial charge in [0.1, 0.15) is 11.5 Å². The van der Waals surface area contributed by atoms with Crippen LogP contribution in [0.15, 0.2) is 18.6 Å². The molecule has 0 atom stereocenters. The smallest absolute Gasteiger partial charge is 0.222 e. The van der Waals surface area contributed by atoms with Crippen LogP contribution in [0.5, 0.6) is 0 Å². The zero-order valence-corrected chi connectivity index (χ0v) is 14.0. The van der Waals surface area contributed by atoms with Crippen LogP contribution in [-0.2, 0) is 11.8 Å². The van der Waals surface area contributed by atoms with Crippen molar-refractivity contribution in [1.29, 1.82) is 0 Å². The van der Waals surface area contributed by atoms with Crippen LogP contribution in [0.2, 0.25) is 0 Å². The molecule has 2 aromatic heterocycles. The van der Waals surface area contributed by atoms with Crippen LogP contribution in [0.3, 0.4) is 0 Å². The van der Waals surface area contributed by atoms with Crippen molar-refractivity contribution in [2.24, 2.45) is 7.05 Å². The molecule has 0 unspecified atom stereocenters. The Balaban J connectivity index is 1.85. The zero-order chi connectivity index (χ0) is 16.4. The maximum Gasteiger partial charge on any atom is 0.222 e.